The molecule has 0 saturated heterocycles. The third-order valence-corrected chi connectivity index (χ3v) is 3.58. The molecule has 0 aliphatic heterocycles. The Hall–Kier alpha value is -1.08. The van der Waals surface area contributed by atoms with Crippen molar-refractivity contribution in [1.82, 2.24) is 0 Å². The quantitative estimate of drug-likeness (QED) is 0.764. The van der Waals surface area contributed by atoms with E-state index in [1.54, 1.807) is 0 Å². The predicted molar refractivity (Wildman–Crippen MR) is 71.9 cm³/mol. The number of aliphatic hydroxyl groups is 1. The predicted octanol–water partition coefficient (Wildman–Crippen LogP) is 3.73. The Morgan fingerprint density at radius 2 is 1.88 bits per heavy atom. The molecular formula is C16H22O. The minimum atomic E-state index is -0.282. The lowest BCUT2D eigenvalue weighted by molar-refractivity contribution is 0.212. The molecule has 92 valence electrons. The van der Waals surface area contributed by atoms with Gasteiger partial charge in [0, 0.05) is 0 Å². The van der Waals surface area contributed by atoms with E-state index in [2.05, 4.69) is 30.3 Å². The highest BCUT2D eigenvalue weighted by Crippen LogP contribution is 2.25. The molecule has 1 aliphatic rings. The van der Waals surface area contributed by atoms with Gasteiger partial charge >= 0.3 is 0 Å². The maximum Gasteiger partial charge on any atom is 0.0724 e. The molecule has 1 aromatic carbocycles. The lowest BCUT2D eigenvalue weighted by Crippen LogP contribution is -2.04. The van der Waals surface area contributed by atoms with Crippen LogP contribution in [0.3, 0.4) is 0 Å². The highest BCUT2D eigenvalue weighted by Gasteiger charge is 2.11. The van der Waals surface area contributed by atoms with Gasteiger partial charge in [0.1, 0.15) is 0 Å². The molecule has 1 N–H and O–H groups in total. The summed E-state index contributed by atoms with van der Waals surface area (Å²) in [6.07, 6.45) is 11.1. The zero-order valence-electron chi connectivity index (χ0n) is 10.4. The van der Waals surface area contributed by atoms with Gasteiger partial charge < -0.3 is 5.11 Å². The van der Waals surface area contributed by atoms with E-state index < -0.39 is 0 Å². The van der Waals surface area contributed by atoms with Gasteiger partial charge in [-0.1, -0.05) is 55.3 Å². The van der Waals surface area contributed by atoms with Gasteiger partial charge in [0.2, 0.25) is 0 Å². The van der Waals surface area contributed by atoms with Crippen LogP contribution < -0.4 is 0 Å². The van der Waals surface area contributed by atoms with Crippen LogP contribution in [0.25, 0.3) is 0 Å². The maximum absolute atomic E-state index is 9.88. The molecule has 1 unspecified atom stereocenters. The number of hydrogen-bond donors (Lipinski definition) is 1. The molecule has 17 heavy (non-hydrogen) atoms. The zero-order valence-corrected chi connectivity index (χ0v) is 10.4. The monoisotopic (exact) mass is 230 g/mol. The molecule has 0 aromatic heterocycles. The molecule has 1 heteroatoms. The van der Waals surface area contributed by atoms with Crippen LogP contribution in [0.5, 0.6) is 0 Å². The second-order valence-electron chi connectivity index (χ2n) is 5.02. The molecule has 0 radical (unpaired) electrons. The number of aryl methyl sites for hydroxylation is 1. The number of allylic oxidation sites excluding steroid dienone is 1. The Kier molecular flexibility index (Phi) is 4.81. The normalized spacial score (nSPS) is 18.9. The largest absolute Gasteiger partial charge is 0.389 e. The van der Waals surface area contributed by atoms with Gasteiger partial charge in [0.05, 0.1) is 6.10 Å². The van der Waals surface area contributed by atoms with Crippen molar-refractivity contribution in [3.8, 4) is 0 Å². The summed E-state index contributed by atoms with van der Waals surface area (Å²) in [6.45, 7) is 0. The first-order valence-electron chi connectivity index (χ1n) is 6.75. The topological polar surface area (TPSA) is 20.2 Å². The Bertz CT molecular complexity index is 336. The van der Waals surface area contributed by atoms with E-state index >= 15 is 0 Å². The van der Waals surface area contributed by atoms with Crippen molar-refractivity contribution in [2.24, 2.45) is 5.92 Å². The lowest BCUT2D eigenvalue weighted by atomic mass is 10.0. The fraction of sp³-hybridized carbons (Fsp3) is 0.500. The van der Waals surface area contributed by atoms with E-state index in [1.165, 1.54) is 31.2 Å². The Balaban J connectivity index is 1.71. The molecule has 1 saturated carbocycles. The summed E-state index contributed by atoms with van der Waals surface area (Å²) in [7, 11) is 0. The van der Waals surface area contributed by atoms with E-state index in [-0.39, 0.29) is 6.10 Å². The molecule has 0 spiro atoms. The van der Waals surface area contributed by atoms with E-state index in [0.717, 1.165) is 18.8 Å². The molecule has 0 amide bonds. The summed E-state index contributed by atoms with van der Waals surface area (Å²) in [5.41, 5.74) is 1.31. The molecule has 1 fully saturated rings. The van der Waals surface area contributed by atoms with Crippen LogP contribution in [0.4, 0.5) is 0 Å². The number of aliphatic hydroxyl groups excluding tert-OH is 1. The van der Waals surface area contributed by atoms with Gasteiger partial charge in [-0.25, -0.2) is 0 Å². The van der Waals surface area contributed by atoms with Crippen LogP contribution in [0.2, 0.25) is 0 Å². The summed E-state index contributed by atoms with van der Waals surface area (Å²) in [5, 5.41) is 9.88. The van der Waals surface area contributed by atoms with Crippen LogP contribution in [0.1, 0.15) is 37.7 Å². The molecule has 2 rings (SSSR count). The van der Waals surface area contributed by atoms with Crippen LogP contribution in [0.15, 0.2) is 42.5 Å². The Morgan fingerprint density at radius 3 is 2.59 bits per heavy atom. The molecule has 1 aliphatic carbocycles. The van der Waals surface area contributed by atoms with Crippen molar-refractivity contribution in [2.75, 3.05) is 0 Å². The summed E-state index contributed by atoms with van der Waals surface area (Å²) in [5.74, 6) is 0.723. The third-order valence-electron chi connectivity index (χ3n) is 3.58. The van der Waals surface area contributed by atoms with Gasteiger partial charge in [-0.05, 0) is 37.2 Å². The van der Waals surface area contributed by atoms with E-state index in [0.29, 0.717) is 0 Å². The average Bonchev–Trinajstić information content (AvgIpc) is 2.88. The van der Waals surface area contributed by atoms with E-state index in [4.69, 9.17) is 0 Å². The SMILES string of the molecule is OC(/C=C/C1CCCC1)CCc1ccccc1. The average molecular weight is 230 g/mol. The molecule has 1 atom stereocenters. The van der Waals surface area contributed by atoms with E-state index in [1.807, 2.05) is 12.1 Å². The molecule has 1 aromatic rings. The van der Waals surface area contributed by atoms with Crippen molar-refractivity contribution in [2.45, 2.75) is 44.6 Å². The summed E-state index contributed by atoms with van der Waals surface area (Å²) in [4.78, 5) is 0. The summed E-state index contributed by atoms with van der Waals surface area (Å²) < 4.78 is 0. The van der Waals surface area contributed by atoms with Crippen LogP contribution in [-0.2, 0) is 6.42 Å². The number of rotatable bonds is 5. The highest BCUT2D eigenvalue weighted by atomic mass is 16.3. The molecule has 1 nitrogen and oxygen atoms in total. The highest BCUT2D eigenvalue weighted by molar-refractivity contribution is 5.15. The molecular weight excluding hydrogens is 208 g/mol. The zero-order chi connectivity index (χ0) is 11.9. The molecule has 0 bridgehead atoms. The lowest BCUT2D eigenvalue weighted by Gasteiger charge is -2.07. The van der Waals surface area contributed by atoms with Crippen LogP contribution in [0, 0.1) is 5.92 Å². The first kappa shape index (κ1) is 12.4. The van der Waals surface area contributed by atoms with Crippen molar-refractivity contribution in [3.63, 3.8) is 0 Å². The molecule has 0 heterocycles. The first-order valence-corrected chi connectivity index (χ1v) is 6.75. The van der Waals surface area contributed by atoms with Crippen molar-refractivity contribution in [1.29, 1.82) is 0 Å². The van der Waals surface area contributed by atoms with E-state index in [9.17, 15) is 5.11 Å². The fourth-order valence-electron chi connectivity index (χ4n) is 2.49. The van der Waals surface area contributed by atoms with Crippen LogP contribution >= 0.6 is 0 Å². The number of hydrogen-bond acceptors (Lipinski definition) is 1. The van der Waals surface area contributed by atoms with Gasteiger partial charge in [-0.15, -0.1) is 0 Å². The fourth-order valence-corrected chi connectivity index (χ4v) is 2.49. The van der Waals surface area contributed by atoms with Gasteiger partial charge in [0.25, 0.3) is 0 Å². The first-order chi connectivity index (χ1) is 8.34. The minimum absolute atomic E-state index is 0.282. The van der Waals surface area contributed by atoms with Gasteiger partial charge in [0.15, 0.2) is 0 Å². The summed E-state index contributed by atoms with van der Waals surface area (Å²) >= 11 is 0. The third kappa shape index (κ3) is 4.35. The van der Waals surface area contributed by atoms with Crippen molar-refractivity contribution >= 4 is 0 Å². The van der Waals surface area contributed by atoms with Crippen molar-refractivity contribution in [3.05, 3.63) is 48.0 Å². The second kappa shape index (κ2) is 6.61. The standard InChI is InChI=1S/C16H22O/c17-16(13-11-15-8-4-5-9-15)12-10-14-6-2-1-3-7-14/h1-3,6-7,11,13,15-17H,4-5,8-10,12H2/b13-11+. The summed E-state index contributed by atoms with van der Waals surface area (Å²) in [6, 6.07) is 10.4. The Labute approximate surface area is 104 Å². The van der Waals surface area contributed by atoms with Crippen LogP contribution in [-0.4, -0.2) is 11.2 Å². The number of benzene rings is 1. The van der Waals surface area contributed by atoms with Gasteiger partial charge in [-0.3, -0.25) is 0 Å². The van der Waals surface area contributed by atoms with Crippen molar-refractivity contribution < 1.29 is 5.11 Å². The minimum Gasteiger partial charge on any atom is -0.389 e. The maximum atomic E-state index is 9.88. The van der Waals surface area contributed by atoms with Gasteiger partial charge in [-0.2, -0.15) is 0 Å². The Morgan fingerprint density at radius 1 is 1.18 bits per heavy atom. The second-order valence-corrected chi connectivity index (χ2v) is 5.02. The smallest absolute Gasteiger partial charge is 0.0724 e.